The third kappa shape index (κ3) is 4.48. The first-order chi connectivity index (χ1) is 11.7. The van der Waals surface area contributed by atoms with Crippen LogP contribution in [0.4, 0.5) is 0 Å². The van der Waals surface area contributed by atoms with Gasteiger partial charge in [-0.25, -0.2) is 0 Å². The lowest BCUT2D eigenvalue weighted by Crippen LogP contribution is -2.17. The number of benzene rings is 2. The lowest BCUT2D eigenvalue weighted by molar-refractivity contribution is 0.728. The fourth-order valence-electron chi connectivity index (χ4n) is 2.10. The highest BCUT2D eigenvalue weighted by Gasteiger charge is 2.08. The van der Waals surface area contributed by atoms with Crippen LogP contribution < -0.4 is 5.32 Å². The molecule has 0 spiro atoms. The van der Waals surface area contributed by atoms with Crippen molar-refractivity contribution in [1.29, 1.82) is 0 Å². The SMILES string of the molecule is Clc1ccc(CNCCSc2nnnn2-c2ccccc2)c(Cl)c1. The number of rotatable bonds is 7. The second-order valence-corrected chi connectivity index (χ2v) is 6.88. The Hall–Kier alpha value is -1.60. The molecular weight excluding hydrogens is 365 g/mol. The van der Waals surface area contributed by atoms with Gasteiger partial charge in [-0.15, -0.1) is 5.10 Å². The van der Waals surface area contributed by atoms with E-state index < -0.39 is 0 Å². The summed E-state index contributed by atoms with van der Waals surface area (Å²) >= 11 is 13.6. The number of halogens is 2. The minimum atomic E-state index is 0.645. The Bertz CT molecular complexity index is 794. The first-order valence-corrected chi connectivity index (χ1v) is 9.09. The summed E-state index contributed by atoms with van der Waals surface area (Å²) in [5, 5.41) is 17.3. The Morgan fingerprint density at radius 3 is 2.71 bits per heavy atom. The van der Waals surface area contributed by atoms with Crippen LogP contribution in [-0.4, -0.2) is 32.5 Å². The van der Waals surface area contributed by atoms with Gasteiger partial charge < -0.3 is 5.32 Å². The Balaban J connectivity index is 1.48. The minimum absolute atomic E-state index is 0.645. The highest BCUT2D eigenvalue weighted by atomic mass is 35.5. The summed E-state index contributed by atoms with van der Waals surface area (Å²) in [6.45, 7) is 1.51. The lowest BCUT2D eigenvalue weighted by atomic mass is 10.2. The van der Waals surface area contributed by atoms with Crippen molar-refractivity contribution in [2.45, 2.75) is 11.7 Å². The summed E-state index contributed by atoms with van der Waals surface area (Å²) in [5.74, 6) is 0.846. The number of thioether (sulfide) groups is 1. The van der Waals surface area contributed by atoms with E-state index in [1.807, 2.05) is 42.5 Å². The van der Waals surface area contributed by atoms with E-state index >= 15 is 0 Å². The number of aromatic nitrogens is 4. The van der Waals surface area contributed by atoms with Crippen molar-refractivity contribution in [3.05, 3.63) is 64.1 Å². The van der Waals surface area contributed by atoms with Gasteiger partial charge in [0.25, 0.3) is 0 Å². The van der Waals surface area contributed by atoms with Crippen LogP contribution in [0.25, 0.3) is 5.69 Å². The van der Waals surface area contributed by atoms with E-state index in [-0.39, 0.29) is 0 Å². The molecule has 0 aliphatic carbocycles. The van der Waals surface area contributed by atoms with E-state index in [0.717, 1.165) is 28.7 Å². The van der Waals surface area contributed by atoms with Gasteiger partial charge in [0.05, 0.1) is 5.69 Å². The number of hydrogen-bond donors (Lipinski definition) is 1. The van der Waals surface area contributed by atoms with E-state index in [2.05, 4.69) is 20.8 Å². The fraction of sp³-hybridized carbons (Fsp3) is 0.188. The number of para-hydroxylation sites is 1. The molecule has 0 aliphatic heterocycles. The molecule has 0 saturated heterocycles. The molecule has 0 saturated carbocycles. The highest BCUT2D eigenvalue weighted by Crippen LogP contribution is 2.21. The summed E-state index contributed by atoms with van der Waals surface area (Å²) in [6.07, 6.45) is 0. The summed E-state index contributed by atoms with van der Waals surface area (Å²) in [5.41, 5.74) is 1.98. The third-order valence-corrected chi connectivity index (χ3v) is 4.79. The van der Waals surface area contributed by atoms with Crippen LogP contribution >= 0.6 is 35.0 Å². The molecule has 8 heteroatoms. The van der Waals surface area contributed by atoms with Crippen LogP contribution in [0.1, 0.15) is 5.56 Å². The maximum Gasteiger partial charge on any atom is 0.214 e. The number of nitrogens with zero attached hydrogens (tertiary/aromatic N) is 4. The normalized spacial score (nSPS) is 10.9. The highest BCUT2D eigenvalue weighted by molar-refractivity contribution is 7.99. The van der Waals surface area contributed by atoms with Gasteiger partial charge in [0.15, 0.2) is 0 Å². The van der Waals surface area contributed by atoms with Gasteiger partial charge in [0.2, 0.25) is 5.16 Å². The molecule has 1 N–H and O–H groups in total. The Morgan fingerprint density at radius 2 is 1.92 bits per heavy atom. The molecule has 0 aliphatic rings. The van der Waals surface area contributed by atoms with Crippen LogP contribution in [-0.2, 0) is 6.54 Å². The maximum absolute atomic E-state index is 6.15. The van der Waals surface area contributed by atoms with Crippen molar-refractivity contribution in [2.75, 3.05) is 12.3 Å². The van der Waals surface area contributed by atoms with Gasteiger partial charge in [-0.3, -0.25) is 0 Å². The van der Waals surface area contributed by atoms with Gasteiger partial charge in [-0.05, 0) is 40.3 Å². The van der Waals surface area contributed by atoms with Crippen molar-refractivity contribution >= 4 is 35.0 Å². The molecule has 0 fully saturated rings. The standard InChI is InChI=1S/C16H15Cl2N5S/c17-13-7-6-12(15(18)10-13)11-19-8-9-24-16-20-21-22-23(16)14-4-2-1-3-5-14/h1-7,10,19H,8-9,11H2. The summed E-state index contributed by atoms with van der Waals surface area (Å²) in [4.78, 5) is 0. The Morgan fingerprint density at radius 1 is 1.08 bits per heavy atom. The quantitative estimate of drug-likeness (QED) is 0.499. The molecule has 5 nitrogen and oxygen atoms in total. The molecule has 0 atom stereocenters. The van der Waals surface area contributed by atoms with Gasteiger partial charge in [-0.2, -0.15) is 4.68 Å². The monoisotopic (exact) mass is 379 g/mol. The van der Waals surface area contributed by atoms with E-state index in [9.17, 15) is 0 Å². The summed E-state index contributed by atoms with van der Waals surface area (Å²) < 4.78 is 1.74. The predicted molar refractivity (Wildman–Crippen MR) is 98.0 cm³/mol. The minimum Gasteiger partial charge on any atom is -0.312 e. The average Bonchev–Trinajstić information content (AvgIpc) is 3.05. The first-order valence-electron chi connectivity index (χ1n) is 7.35. The smallest absolute Gasteiger partial charge is 0.214 e. The van der Waals surface area contributed by atoms with Crippen LogP contribution in [0.3, 0.4) is 0 Å². The molecule has 0 amide bonds. The molecular formula is C16H15Cl2N5S. The van der Waals surface area contributed by atoms with E-state index in [4.69, 9.17) is 23.2 Å². The Kier molecular flexibility index (Phi) is 6.09. The third-order valence-electron chi connectivity index (χ3n) is 3.28. The zero-order chi connectivity index (χ0) is 16.8. The van der Waals surface area contributed by atoms with Crippen molar-refractivity contribution in [3.8, 4) is 5.69 Å². The molecule has 1 heterocycles. The molecule has 0 radical (unpaired) electrons. The molecule has 0 unspecified atom stereocenters. The topological polar surface area (TPSA) is 55.6 Å². The second-order valence-electron chi connectivity index (χ2n) is 4.97. The molecule has 124 valence electrons. The summed E-state index contributed by atoms with van der Waals surface area (Å²) in [7, 11) is 0. The average molecular weight is 380 g/mol. The second kappa shape index (κ2) is 8.48. The van der Waals surface area contributed by atoms with Crippen molar-refractivity contribution in [3.63, 3.8) is 0 Å². The number of nitrogens with one attached hydrogen (secondary N) is 1. The van der Waals surface area contributed by atoms with Crippen LogP contribution in [0, 0.1) is 0 Å². The molecule has 3 aromatic rings. The number of tetrazole rings is 1. The van der Waals surface area contributed by atoms with Gasteiger partial charge in [0, 0.05) is 28.9 Å². The fourth-order valence-corrected chi connectivity index (χ4v) is 3.37. The molecule has 1 aromatic heterocycles. The molecule has 24 heavy (non-hydrogen) atoms. The zero-order valence-corrected chi connectivity index (χ0v) is 15.0. The van der Waals surface area contributed by atoms with Crippen molar-refractivity contribution in [2.24, 2.45) is 0 Å². The van der Waals surface area contributed by atoms with Crippen molar-refractivity contribution in [1.82, 2.24) is 25.5 Å². The number of hydrogen-bond acceptors (Lipinski definition) is 5. The van der Waals surface area contributed by atoms with Crippen LogP contribution in [0.2, 0.25) is 10.0 Å². The maximum atomic E-state index is 6.15. The van der Waals surface area contributed by atoms with Crippen LogP contribution in [0.5, 0.6) is 0 Å². The molecule has 0 bridgehead atoms. The molecule has 3 rings (SSSR count). The van der Waals surface area contributed by atoms with Gasteiger partial charge in [0.1, 0.15) is 0 Å². The van der Waals surface area contributed by atoms with Crippen LogP contribution in [0.15, 0.2) is 53.7 Å². The zero-order valence-electron chi connectivity index (χ0n) is 12.7. The van der Waals surface area contributed by atoms with E-state index in [0.29, 0.717) is 16.6 Å². The predicted octanol–water partition coefficient (Wildman–Crippen LogP) is 3.85. The van der Waals surface area contributed by atoms with E-state index in [1.54, 1.807) is 22.5 Å². The largest absolute Gasteiger partial charge is 0.312 e. The molecule has 2 aromatic carbocycles. The van der Waals surface area contributed by atoms with Crippen molar-refractivity contribution < 1.29 is 0 Å². The first kappa shape index (κ1) is 17.2. The summed E-state index contributed by atoms with van der Waals surface area (Å²) in [6, 6.07) is 15.4. The van der Waals surface area contributed by atoms with Gasteiger partial charge >= 0.3 is 0 Å². The van der Waals surface area contributed by atoms with Gasteiger partial charge in [-0.1, -0.05) is 59.2 Å². The van der Waals surface area contributed by atoms with E-state index in [1.165, 1.54) is 0 Å². The lowest BCUT2D eigenvalue weighted by Gasteiger charge is -2.07. The Labute approximate surface area is 154 Å².